The van der Waals surface area contributed by atoms with Gasteiger partial charge in [-0.2, -0.15) is 4.21 Å². The third-order valence-electron chi connectivity index (χ3n) is 9.67. The standard InChI is InChI=1S/C20H24N2O8S.C19H31NS/c23-18-17(27-12-14-7-3-1-4-8-14)11-16(13-28-31(26)30-25)29-19(18)22-20(24)21-15-9-5-2-6-10-15;1-6-8-11-19(7-2)13-15(3)17-12-16(20(4)5)9-10-18(17)21-14-19/h1-10,16-19,23,25H,11-13H2,(H2,21,22,24);9-10,12,15H,6-8,11,13-14H2,1-5H3/t;15-,19-/m.0/s1. The van der Waals surface area contributed by atoms with Crippen LogP contribution in [0.1, 0.15) is 76.3 Å². The summed E-state index contributed by atoms with van der Waals surface area (Å²) in [7, 11) is 4.27. The van der Waals surface area contributed by atoms with E-state index < -0.39 is 41.9 Å². The molecular formula is C39H55N3O8S2. The Morgan fingerprint density at radius 2 is 1.79 bits per heavy atom. The number of aliphatic hydroxyl groups is 1. The molecule has 7 atom stereocenters. The minimum absolute atomic E-state index is 0.203. The maximum Gasteiger partial charge on any atom is 0.333 e. The van der Waals surface area contributed by atoms with Crippen molar-refractivity contribution in [1.29, 1.82) is 0 Å². The lowest BCUT2D eigenvalue weighted by Crippen LogP contribution is -2.58. The number of fused-ring (bicyclic) bond motifs is 1. The van der Waals surface area contributed by atoms with Crippen LogP contribution in [-0.4, -0.2) is 71.6 Å². The molecule has 2 amide bonds. The Hall–Kier alpha value is -3.01. The van der Waals surface area contributed by atoms with Gasteiger partial charge >= 0.3 is 17.4 Å². The Morgan fingerprint density at radius 1 is 1.08 bits per heavy atom. The van der Waals surface area contributed by atoms with E-state index in [1.165, 1.54) is 48.4 Å². The number of urea groups is 1. The van der Waals surface area contributed by atoms with E-state index in [1.807, 2.05) is 36.4 Å². The van der Waals surface area contributed by atoms with Crippen LogP contribution in [0.4, 0.5) is 16.2 Å². The Bertz CT molecular complexity index is 1540. The maximum atomic E-state index is 12.3. The number of hydrogen-bond acceptors (Lipinski definition) is 10. The number of carbonyl (C=O) groups excluding carboxylic acids is 1. The third-order valence-corrected chi connectivity index (χ3v) is 11.6. The topological polar surface area (TPSA) is 139 Å². The third kappa shape index (κ3) is 12.6. The van der Waals surface area contributed by atoms with Crippen LogP contribution in [0.25, 0.3) is 0 Å². The lowest BCUT2D eigenvalue weighted by Gasteiger charge is -2.39. The van der Waals surface area contributed by atoms with E-state index in [0.29, 0.717) is 17.0 Å². The van der Waals surface area contributed by atoms with Gasteiger partial charge < -0.3 is 30.1 Å². The number of thioether (sulfide) groups is 1. The molecule has 13 heteroatoms. The van der Waals surface area contributed by atoms with E-state index in [2.05, 4.69) is 84.7 Å². The lowest BCUT2D eigenvalue weighted by molar-refractivity contribution is -0.198. The highest BCUT2D eigenvalue weighted by atomic mass is 32.2. The quantitative estimate of drug-likeness (QED) is 0.0949. The summed E-state index contributed by atoms with van der Waals surface area (Å²) >= 11 is -0.261. The second-order valence-corrected chi connectivity index (χ2v) is 15.5. The number of hydrogen-bond donors (Lipinski definition) is 4. The monoisotopic (exact) mass is 757 g/mol. The first-order valence-corrected chi connectivity index (χ1v) is 20.0. The van der Waals surface area contributed by atoms with Crippen LogP contribution in [0.5, 0.6) is 0 Å². The van der Waals surface area contributed by atoms with Gasteiger partial charge in [-0.15, -0.1) is 16.1 Å². The zero-order chi connectivity index (χ0) is 37.5. The van der Waals surface area contributed by atoms with E-state index in [1.54, 1.807) is 29.8 Å². The van der Waals surface area contributed by atoms with Gasteiger partial charge in [0.25, 0.3) is 0 Å². The first-order valence-electron chi connectivity index (χ1n) is 18.0. The molecule has 3 aromatic carbocycles. The van der Waals surface area contributed by atoms with Gasteiger partial charge in [-0.25, -0.2) is 10.1 Å². The van der Waals surface area contributed by atoms with Gasteiger partial charge in [0.1, 0.15) is 6.10 Å². The van der Waals surface area contributed by atoms with Crippen molar-refractivity contribution in [2.75, 3.05) is 36.7 Å². The van der Waals surface area contributed by atoms with Crippen LogP contribution in [-0.2, 0) is 36.0 Å². The van der Waals surface area contributed by atoms with Crippen molar-refractivity contribution in [1.82, 2.24) is 5.32 Å². The number of anilines is 2. The van der Waals surface area contributed by atoms with Crippen molar-refractivity contribution in [2.24, 2.45) is 5.41 Å². The fourth-order valence-corrected chi connectivity index (χ4v) is 8.43. The minimum Gasteiger partial charge on any atom is -0.386 e. The van der Waals surface area contributed by atoms with Gasteiger partial charge in [0, 0.05) is 42.5 Å². The Kier molecular flexibility index (Phi) is 16.9. The molecule has 2 aliphatic rings. The number of para-hydroxylation sites is 1. The van der Waals surface area contributed by atoms with Crippen molar-refractivity contribution < 1.29 is 37.4 Å². The Morgan fingerprint density at radius 3 is 2.44 bits per heavy atom. The van der Waals surface area contributed by atoms with E-state index >= 15 is 0 Å². The number of ether oxygens (including phenoxy) is 2. The molecule has 0 radical (unpaired) electrons. The van der Waals surface area contributed by atoms with Crippen LogP contribution in [0.3, 0.4) is 0 Å². The molecule has 11 nitrogen and oxygen atoms in total. The maximum absolute atomic E-state index is 12.3. The van der Waals surface area contributed by atoms with Gasteiger partial charge in [0.15, 0.2) is 6.23 Å². The number of carbonyl (C=O) groups is 1. The van der Waals surface area contributed by atoms with Crippen LogP contribution in [0.2, 0.25) is 0 Å². The van der Waals surface area contributed by atoms with Gasteiger partial charge in [-0.1, -0.05) is 82.1 Å². The average molecular weight is 758 g/mol. The van der Waals surface area contributed by atoms with Crippen molar-refractivity contribution in [3.63, 3.8) is 0 Å². The summed E-state index contributed by atoms with van der Waals surface area (Å²) in [6.07, 6.45) is 3.29. The lowest BCUT2D eigenvalue weighted by atomic mass is 9.74. The van der Waals surface area contributed by atoms with E-state index in [0.717, 1.165) is 5.56 Å². The number of nitrogens with one attached hydrogen (secondary N) is 2. The fraction of sp³-hybridized carbons (Fsp3) is 0.513. The average Bonchev–Trinajstić information content (AvgIpc) is 3.30. The summed E-state index contributed by atoms with van der Waals surface area (Å²) < 4.78 is 31.1. The summed E-state index contributed by atoms with van der Waals surface area (Å²) in [5, 5.41) is 24.3. The molecule has 0 bridgehead atoms. The predicted octanol–water partition coefficient (Wildman–Crippen LogP) is 7.89. The van der Waals surface area contributed by atoms with Crippen molar-refractivity contribution in [3.05, 3.63) is 90.0 Å². The van der Waals surface area contributed by atoms with Crippen molar-refractivity contribution in [2.45, 2.75) is 101 Å². The molecule has 0 aliphatic carbocycles. The highest BCUT2D eigenvalue weighted by Crippen LogP contribution is 2.48. The largest absolute Gasteiger partial charge is 0.386 e. The molecule has 2 aliphatic heterocycles. The first-order chi connectivity index (χ1) is 25.1. The number of aliphatic hydroxyl groups excluding tert-OH is 1. The van der Waals surface area contributed by atoms with E-state index in [-0.39, 0.29) is 19.6 Å². The Balaban J connectivity index is 0.000000251. The molecule has 5 rings (SSSR count). The first kappa shape index (κ1) is 41.7. The van der Waals surface area contributed by atoms with Crippen molar-refractivity contribution in [3.8, 4) is 0 Å². The van der Waals surface area contributed by atoms with Crippen LogP contribution in [0.15, 0.2) is 83.8 Å². The number of unbranched alkanes of at least 4 members (excludes halogenated alkanes) is 1. The fourth-order valence-electron chi connectivity index (χ4n) is 6.61. The predicted molar refractivity (Wildman–Crippen MR) is 207 cm³/mol. The summed E-state index contributed by atoms with van der Waals surface area (Å²) in [5.41, 5.74) is 4.92. The van der Waals surface area contributed by atoms with Gasteiger partial charge in [0.05, 0.1) is 25.4 Å². The number of benzene rings is 3. The summed E-state index contributed by atoms with van der Waals surface area (Å²) in [6, 6.07) is 24.6. The van der Waals surface area contributed by atoms with E-state index in [9.17, 15) is 14.1 Å². The molecule has 0 aromatic heterocycles. The summed E-state index contributed by atoms with van der Waals surface area (Å²) in [5.74, 6) is 1.97. The SMILES string of the molecule is CCCC[C@]1(CC)CSc2ccc(N(C)C)cc2[C@@H](C)C1.O=C(Nc1ccccc1)NC1OC(COS(=O)OO)CC(OCc2ccccc2)C1O. The molecular weight excluding hydrogens is 703 g/mol. The second kappa shape index (κ2) is 21.0. The molecule has 5 unspecified atom stereocenters. The van der Waals surface area contributed by atoms with Crippen LogP contribution < -0.4 is 15.5 Å². The van der Waals surface area contributed by atoms with E-state index in [4.69, 9.17) is 18.9 Å². The summed E-state index contributed by atoms with van der Waals surface area (Å²) in [4.78, 5) is 16.1. The van der Waals surface area contributed by atoms with Gasteiger partial charge in [-0.3, -0.25) is 4.18 Å². The highest BCUT2D eigenvalue weighted by Gasteiger charge is 2.40. The molecule has 1 fully saturated rings. The molecule has 4 N–H and O–H groups in total. The van der Waals surface area contributed by atoms with Crippen LogP contribution >= 0.6 is 11.8 Å². The second-order valence-electron chi connectivity index (χ2n) is 13.7. The highest BCUT2D eigenvalue weighted by molar-refractivity contribution is 7.99. The van der Waals surface area contributed by atoms with Gasteiger partial charge in [0.2, 0.25) is 0 Å². The molecule has 3 aromatic rings. The van der Waals surface area contributed by atoms with Crippen molar-refractivity contribution >= 4 is 40.5 Å². The zero-order valence-corrected chi connectivity index (χ0v) is 32.5. The van der Waals surface area contributed by atoms with Gasteiger partial charge in [-0.05, 0) is 72.1 Å². The molecule has 286 valence electrons. The minimum atomic E-state index is -2.36. The molecule has 0 saturated carbocycles. The molecule has 52 heavy (non-hydrogen) atoms. The van der Waals surface area contributed by atoms with Crippen LogP contribution in [0, 0.1) is 5.41 Å². The number of nitrogens with zero attached hydrogens (tertiary/aromatic N) is 1. The Labute approximate surface area is 315 Å². The normalized spacial score (nSPS) is 24.7. The summed E-state index contributed by atoms with van der Waals surface area (Å²) in [6.45, 7) is 7.16. The smallest absolute Gasteiger partial charge is 0.333 e. The molecule has 1 saturated heterocycles. The molecule has 2 heterocycles. The number of amides is 2. The number of rotatable bonds is 14. The zero-order valence-electron chi connectivity index (χ0n) is 30.9. The molecule has 0 spiro atoms.